The van der Waals surface area contributed by atoms with Crippen LogP contribution in [0.25, 0.3) is 0 Å². The number of nitrogens with two attached hydrogens (primary N) is 1. The van der Waals surface area contributed by atoms with Crippen LogP contribution < -0.4 is 5.73 Å². The number of hydrogen-bond donors (Lipinski definition) is 1. The van der Waals surface area contributed by atoms with E-state index in [-0.39, 0.29) is 5.82 Å². The van der Waals surface area contributed by atoms with Crippen molar-refractivity contribution < 1.29 is 4.39 Å². The van der Waals surface area contributed by atoms with Gasteiger partial charge in [-0.25, -0.2) is 9.37 Å². The van der Waals surface area contributed by atoms with Crippen molar-refractivity contribution in [3.05, 3.63) is 47.8 Å². The fourth-order valence-electron chi connectivity index (χ4n) is 2.32. The maximum atomic E-state index is 13.7. The standard InChI is InChI=1S/C15H21FN4/c1-3-8-20-14(18-11-19-20)10-15(2,17)9-12-6-4-5-7-13(12)16/h4-7,11H,3,8-10,17H2,1-2H3. The van der Waals surface area contributed by atoms with Crippen LogP contribution in [-0.2, 0) is 19.4 Å². The molecule has 1 unspecified atom stereocenters. The van der Waals surface area contributed by atoms with Gasteiger partial charge in [-0.2, -0.15) is 5.10 Å². The molecule has 2 rings (SSSR count). The Balaban J connectivity index is 2.11. The molecule has 0 saturated heterocycles. The molecular weight excluding hydrogens is 255 g/mol. The Labute approximate surface area is 118 Å². The highest BCUT2D eigenvalue weighted by Gasteiger charge is 2.23. The van der Waals surface area contributed by atoms with Crippen molar-refractivity contribution in [2.45, 2.75) is 45.2 Å². The Hall–Kier alpha value is -1.75. The van der Waals surface area contributed by atoms with Gasteiger partial charge in [-0.15, -0.1) is 0 Å². The number of benzene rings is 1. The van der Waals surface area contributed by atoms with E-state index in [1.807, 2.05) is 17.7 Å². The average Bonchev–Trinajstić information content (AvgIpc) is 2.79. The Morgan fingerprint density at radius 2 is 2.05 bits per heavy atom. The monoisotopic (exact) mass is 276 g/mol. The number of nitrogens with zero attached hydrogens (tertiary/aromatic N) is 3. The van der Waals surface area contributed by atoms with Gasteiger partial charge in [-0.1, -0.05) is 25.1 Å². The zero-order chi connectivity index (χ0) is 14.6. The number of hydrogen-bond acceptors (Lipinski definition) is 3. The Morgan fingerprint density at radius 3 is 2.75 bits per heavy atom. The average molecular weight is 276 g/mol. The van der Waals surface area contributed by atoms with E-state index in [0.29, 0.717) is 18.4 Å². The lowest BCUT2D eigenvalue weighted by Gasteiger charge is -2.24. The van der Waals surface area contributed by atoms with Gasteiger partial charge in [0.15, 0.2) is 0 Å². The summed E-state index contributed by atoms with van der Waals surface area (Å²) in [6.45, 7) is 4.84. The van der Waals surface area contributed by atoms with Crippen molar-refractivity contribution in [2.24, 2.45) is 5.73 Å². The van der Waals surface area contributed by atoms with Gasteiger partial charge in [0.25, 0.3) is 0 Å². The number of halogens is 1. The molecule has 0 bridgehead atoms. The maximum Gasteiger partial charge on any atom is 0.138 e. The van der Waals surface area contributed by atoms with Gasteiger partial charge in [0.2, 0.25) is 0 Å². The summed E-state index contributed by atoms with van der Waals surface area (Å²) < 4.78 is 15.6. The molecule has 0 aliphatic heterocycles. The first-order valence-corrected chi connectivity index (χ1v) is 6.91. The van der Waals surface area contributed by atoms with Gasteiger partial charge in [-0.3, -0.25) is 4.68 Å². The summed E-state index contributed by atoms with van der Waals surface area (Å²) in [5, 5.41) is 4.19. The molecule has 0 aliphatic rings. The Bertz CT molecular complexity index is 563. The topological polar surface area (TPSA) is 56.7 Å². The molecule has 0 aliphatic carbocycles. The molecule has 1 heterocycles. The fourth-order valence-corrected chi connectivity index (χ4v) is 2.32. The summed E-state index contributed by atoms with van der Waals surface area (Å²) >= 11 is 0. The normalized spacial score (nSPS) is 14.2. The largest absolute Gasteiger partial charge is 0.325 e. The SMILES string of the molecule is CCCn1ncnc1CC(C)(N)Cc1ccccc1F. The van der Waals surface area contributed by atoms with Crippen molar-refractivity contribution >= 4 is 0 Å². The third-order valence-corrected chi connectivity index (χ3v) is 3.25. The highest BCUT2D eigenvalue weighted by Crippen LogP contribution is 2.17. The Morgan fingerprint density at radius 1 is 1.30 bits per heavy atom. The van der Waals surface area contributed by atoms with Crippen molar-refractivity contribution in [3.63, 3.8) is 0 Å². The van der Waals surface area contributed by atoms with Crippen molar-refractivity contribution in [2.75, 3.05) is 0 Å². The van der Waals surface area contributed by atoms with Crippen LogP contribution in [0.15, 0.2) is 30.6 Å². The molecular formula is C15H21FN4. The number of aromatic nitrogens is 3. The van der Waals surface area contributed by atoms with E-state index >= 15 is 0 Å². The quantitative estimate of drug-likeness (QED) is 0.881. The minimum Gasteiger partial charge on any atom is -0.325 e. The molecule has 0 radical (unpaired) electrons. The predicted molar refractivity (Wildman–Crippen MR) is 76.7 cm³/mol. The lowest BCUT2D eigenvalue weighted by Crippen LogP contribution is -2.42. The van der Waals surface area contributed by atoms with Gasteiger partial charge in [0, 0.05) is 18.5 Å². The molecule has 1 aromatic heterocycles. The summed E-state index contributed by atoms with van der Waals surface area (Å²) in [5.74, 6) is 0.646. The van der Waals surface area contributed by atoms with E-state index in [9.17, 15) is 4.39 Å². The second-order valence-electron chi connectivity index (χ2n) is 5.50. The first-order chi connectivity index (χ1) is 9.52. The molecule has 2 aromatic rings. The smallest absolute Gasteiger partial charge is 0.138 e. The highest BCUT2D eigenvalue weighted by molar-refractivity contribution is 5.20. The van der Waals surface area contributed by atoms with Crippen molar-refractivity contribution in [1.29, 1.82) is 0 Å². The van der Waals surface area contributed by atoms with E-state index in [0.717, 1.165) is 18.8 Å². The maximum absolute atomic E-state index is 13.7. The van der Waals surface area contributed by atoms with Crippen LogP contribution in [0.5, 0.6) is 0 Å². The van der Waals surface area contributed by atoms with Crippen molar-refractivity contribution in [1.82, 2.24) is 14.8 Å². The second-order valence-corrected chi connectivity index (χ2v) is 5.50. The van der Waals surface area contributed by atoms with Crippen LogP contribution >= 0.6 is 0 Å². The molecule has 5 heteroatoms. The molecule has 1 aromatic carbocycles. The van der Waals surface area contributed by atoms with E-state index in [1.165, 1.54) is 6.07 Å². The molecule has 108 valence electrons. The van der Waals surface area contributed by atoms with Crippen LogP contribution in [0.3, 0.4) is 0 Å². The van der Waals surface area contributed by atoms with E-state index in [4.69, 9.17) is 5.73 Å². The van der Waals surface area contributed by atoms with Crippen LogP contribution in [0.2, 0.25) is 0 Å². The molecule has 0 spiro atoms. The molecule has 4 nitrogen and oxygen atoms in total. The van der Waals surface area contributed by atoms with Gasteiger partial charge in [0.05, 0.1) is 0 Å². The van der Waals surface area contributed by atoms with Gasteiger partial charge in [-0.05, 0) is 31.4 Å². The third-order valence-electron chi connectivity index (χ3n) is 3.25. The lowest BCUT2D eigenvalue weighted by atomic mass is 9.90. The first kappa shape index (κ1) is 14.7. The second kappa shape index (κ2) is 6.13. The molecule has 0 fully saturated rings. The minimum absolute atomic E-state index is 0.209. The number of aryl methyl sites for hydroxylation is 1. The van der Waals surface area contributed by atoms with Crippen LogP contribution in [0, 0.1) is 5.82 Å². The summed E-state index contributed by atoms with van der Waals surface area (Å²) in [6.07, 6.45) is 3.58. The van der Waals surface area contributed by atoms with Gasteiger partial charge < -0.3 is 5.73 Å². The highest BCUT2D eigenvalue weighted by atomic mass is 19.1. The molecule has 0 saturated carbocycles. The van der Waals surface area contributed by atoms with Gasteiger partial charge >= 0.3 is 0 Å². The number of rotatable bonds is 6. The predicted octanol–water partition coefficient (Wildman–Crippen LogP) is 2.33. The van der Waals surface area contributed by atoms with Crippen molar-refractivity contribution in [3.8, 4) is 0 Å². The zero-order valence-corrected chi connectivity index (χ0v) is 12.0. The summed E-state index contributed by atoms with van der Waals surface area (Å²) in [6, 6.07) is 6.75. The Kier molecular flexibility index (Phi) is 4.49. The molecule has 1 atom stereocenters. The van der Waals surface area contributed by atoms with Gasteiger partial charge in [0.1, 0.15) is 18.0 Å². The van der Waals surface area contributed by atoms with Crippen LogP contribution in [0.4, 0.5) is 4.39 Å². The summed E-state index contributed by atoms with van der Waals surface area (Å²) in [4.78, 5) is 4.26. The van der Waals surface area contributed by atoms with E-state index < -0.39 is 5.54 Å². The third kappa shape index (κ3) is 3.63. The first-order valence-electron chi connectivity index (χ1n) is 6.91. The molecule has 0 amide bonds. The lowest BCUT2D eigenvalue weighted by molar-refractivity contribution is 0.424. The minimum atomic E-state index is -0.555. The van der Waals surface area contributed by atoms with Crippen LogP contribution in [0.1, 0.15) is 31.7 Å². The fraction of sp³-hybridized carbons (Fsp3) is 0.467. The summed E-state index contributed by atoms with van der Waals surface area (Å²) in [7, 11) is 0. The molecule has 20 heavy (non-hydrogen) atoms. The van der Waals surface area contributed by atoms with E-state index in [2.05, 4.69) is 17.0 Å². The molecule has 2 N–H and O–H groups in total. The zero-order valence-electron chi connectivity index (χ0n) is 12.0. The summed E-state index contributed by atoms with van der Waals surface area (Å²) in [5.41, 5.74) is 6.41. The van der Waals surface area contributed by atoms with E-state index in [1.54, 1.807) is 18.5 Å². The van der Waals surface area contributed by atoms with Crippen LogP contribution in [-0.4, -0.2) is 20.3 Å².